The van der Waals surface area contributed by atoms with Crippen LogP contribution >= 0.6 is 15.9 Å². The molecule has 0 spiro atoms. The molecule has 4 N–H and O–H groups in total. The molecule has 0 bridgehead atoms. The van der Waals surface area contributed by atoms with Crippen molar-refractivity contribution < 1.29 is 5.11 Å². The highest BCUT2D eigenvalue weighted by Crippen LogP contribution is 2.20. The summed E-state index contributed by atoms with van der Waals surface area (Å²) in [5.41, 5.74) is 8.14. The van der Waals surface area contributed by atoms with E-state index < -0.39 is 0 Å². The first kappa shape index (κ1) is 13.6. The van der Waals surface area contributed by atoms with E-state index in [2.05, 4.69) is 40.3 Å². The van der Waals surface area contributed by atoms with Gasteiger partial charge in [-0.25, -0.2) is 0 Å². The number of halogens is 1. The molecule has 0 saturated heterocycles. The van der Waals surface area contributed by atoms with Crippen molar-refractivity contribution in [3.63, 3.8) is 0 Å². The molecule has 1 rings (SSSR count). The van der Waals surface area contributed by atoms with Crippen molar-refractivity contribution in [2.24, 2.45) is 5.73 Å². The highest BCUT2D eigenvalue weighted by atomic mass is 79.9. The SMILES string of the molecule is Cc1cc(C(CN)NCCCO)ccc1Br. The number of hydrogen-bond acceptors (Lipinski definition) is 3. The molecule has 3 nitrogen and oxygen atoms in total. The Morgan fingerprint density at radius 2 is 2.25 bits per heavy atom. The standard InChI is InChI=1S/C12H19BrN2O/c1-9-7-10(3-4-11(9)13)12(8-14)15-5-2-6-16/h3-4,7,12,15-16H,2,5-6,8,14H2,1H3. The van der Waals surface area contributed by atoms with E-state index in [0.717, 1.165) is 17.4 Å². The van der Waals surface area contributed by atoms with Gasteiger partial charge in [-0.05, 0) is 37.1 Å². The second kappa shape index (κ2) is 7.01. The van der Waals surface area contributed by atoms with E-state index in [1.165, 1.54) is 11.1 Å². The van der Waals surface area contributed by atoms with Gasteiger partial charge in [-0.3, -0.25) is 0 Å². The lowest BCUT2D eigenvalue weighted by Gasteiger charge is -2.18. The van der Waals surface area contributed by atoms with Gasteiger partial charge in [0, 0.05) is 23.7 Å². The van der Waals surface area contributed by atoms with Crippen LogP contribution in [-0.4, -0.2) is 24.8 Å². The van der Waals surface area contributed by atoms with E-state index in [1.54, 1.807) is 0 Å². The average Bonchev–Trinajstić information content (AvgIpc) is 2.29. The molecular weight excluding hydrogens is 268 g/mol. The lowest BCUT2D eigenvalue weighted by Crippen LogP contribution is -2.29. The fraction of sp³-hybridized carbons (Fsp3) is 0.500. The lowest BCUT2D eigenvalue weighted by molar-refractivity contribution is 0.283. The minimum atomic E-state index is 0.165. The molecule has 90 valence electrons. The summed E-state index contributed by atoms with van der Waals surface area (Å²) in [6.45, 7) is 3.62. The first-order chi connectivity index (χ1) is 7.69. The van der Waals surface area contributed by atoms with E-state index in [0.29, 0.717) is 6.54 Å². The Morgan fingerprint density at radius 3 is 2.81 bits per heavy atom. The van der Waals surface area contributed by atoms with Crippen molar-refractivity contribution >= 4 is 15.9 Å². The Labute approximate surface area is 105 Å². The number of nitrogens with two attached hydrogens (primary N) is 1. The van der Waals surface area contributed by atoms with Crippen molar-refractivity contribution in [1.29, 1.82) is 0 Å². The summed E-state index contributed by atoms with van der Waals surface area (Å²) >= 11 is 3.48. The third-order valence-electron chi connectivity index (χ3n) is 2.55. The maximum Gasteiger partial charge on any atom is 0.0444 e. The van der Waals surface area contributed by atoms with Gasteiger partial charge in [0.1, 0.15) is 0 Å². The van der Waals surface area contributed by atoms with Crippen molar-refractivity contribution in [2.45, 2.75) is 19.4 Å². The Morgan fingerprint density at radius 1 is 1.50 bits per heavy atom. The molecule has 1 aromatic carbocycles. The quantitative estimate of drug-likeness (QED) is 0.698. The van der Waals surface area contributed by atoms with Crippen LogP contribution in [0.3, 0.4) is 0 Å². The molecule has 4 heteroatoms. The van der Waals surface area contributed by atoms with E-state index in [1.807, 2.05) is 6.07 Å². The maximum atomic E-state index is 8.73. The van der Waals surface area contributed by atoms with Crippen molar-refractivity contribution in [3.8, 4) is 0 Å². The molecule has 0 heterocycles. The highest BCUT2D eigenvalue weighted by Gasteiger charge is 2.09. The highest BCUT2D eigenvalue weighted by molar-refractivity contribution is 9.10. The fourth-order valence-electron chi connectivity index (χ4n) is 1.58. The van der Waals surface area contributed by atoms with Gasteiger partial charge < -0.3 is 16.2 Å². The zero-order chi connectivity index (χ0) is 12.0. The van der Waals surface area contributed by atoms with Gasteiger partial charge in [-0.15, -0.1) is 0 Å². The van der Waals surface area contributed by atoms with Crippen molar-refractivity contribution in [2.75, 3.05) is 19.7 Å². The summed E-state index contributed by atoms with van der Waals surface area (Å²) in [5, 5.41) is 12.1. The Hall–Kier alpha value is -0.420. The van der Waals surface area contributed by atoms with Gasteiger partial charge in [0.2, 0.25) is 0 Å². The molecule has 1 unspecified atom stereocenters. The number of aliphatic hydroxyl groups is 1. The van der Waals surface area contributed by atoms with Crippen LogP contribution in [0.2, 0.25) is 0 Å². The van der Waals surface area contributed by atoms with Crippen LogP contribution < -0.4 is 11.1 Å². The molecule has 16 heavy (non-hydrogen) atoms. The predicted molar refractivity (Wildman–Crippen MR) is 70.4 cm³/mol. The van der Waals surface area contributed by atoms with Crippen LogP contribution in [0.15, 0.2) is 22.7 Å². The van der Waals surface area contributed by atoms with E-state index >= 15 is 0 Å². The lowest BCUT2D eigenvalue weighted by atomic mass is 10.0. The zero-order valence-electron chi connectivity index (χ0n) is 9.54. The Kier molecular flexibility index (Phi) is 5.98. The molecule has 1 atom stereocenters. The monoisotopic (exact) mass is 286 g/mol. The van der Waals surface area contributed by atoms with E-state index in [9.17, 15) is 0 Å². The first-order valence-corrected chi connectivity index (χ1v) is 6.28. The molecule has 0 aromatic heterocycles. The summed E-state index contributed by atoms with van der Waals surface area (Å²) in [7, 11) is 0. The third-order valence-corrected chi connectivity index (χ3v) is 3.44. The summed E-state index contributed by atoms with van der Waals surface area (Å²) in [5.74, 6) is 0. The van der Waals surface area contributed by atoms with Crippen LogP contribution in [0, 0.1) is 6.92 Å². The second-order valence-electron chi connectivity index (χ2n) is 3.83. The minimum Gasteiger partial charge on any atom is -0.396 e. The Balaban J connectivity index is 2.67. The molecule has 0 fully saturated rings. The maximum absolute atomic E-state index is 8.73. The van der Waals surface area contributed by atoms with Gasteiger partial charge in [-0.2, -0.15) is 0 Å². The number of hydrogen-bond donors (Lipinski definition) is 3. The number of rotatable bonds is 6. The molecule has 0 aliphatic heterocycles. The summed E-state index contributed by atoms with van der Waals surface area (Å²) in [6, 6.07) is 6.41. The van der Waals surface area contributed by atoms with Gasteiger partial charge in [0.25, 0.3) is 0 Å². The molecule has 0 amide bonds. The molecule has 0 aliphatic rings. The number of nitrogens with one attached hydrogen (secondary N) is 1. The molecule has 1 aromatic rings. The topological polar surface area (TPSA) is 58.3 Å². The minimum absolute atomic E-state index is 0.165. The van der Waals surface area contributed by atoms with Crippen LogP contribution in [0.25, 0.3) is 0 Å². The van der Waals surface area contributed by atoms with Crippen LogP contribution in [0.4, 0.5) is 0 Å². The van der Waals surface area contributed by atoms with E-state index in [-0.39, 0.29) is 12.6 Å². The van der Waals surface area contributed by atoms with Crippen LogP contribution in [0.5, 0.6) is 0 Å². The third kappa shape index (κ3) is 3.87. The predicted octanol–water partition coefficient (Wildman–Crippen LogP) is 1.73. The van der Waals surface area contributed by atoms with Crippen molar-refractivity contribution in [1.82, 2.24) is 5.32 Å². The first-order valence-electron chi connectivity index (χ1n) is 5.49. The average molecular weight is 287 g/mol. The molecule has 0 saturated carbocycles. The van der Waals surface area contributed by atoms with Gasteiger partial charge in [0.05, 0.1) is 0 Å². The normalized spacial score (nSPS) is 12.8. The van der Waals surface area contributed by atoms with E-state index in [4.69, 9.17) is 10.8 Å². The zero-order valence-corrected chi connectivity index (χ0v) is 11.1. The molecule has 0 aliphatic carbocycles. The summed E-state index contributed by atoms with van der Waals surface area (Å²) < 4.78 is 1.11. The van der Waals surface area contributed by atoms with Gasteiger partial charge in [-0.1, -0.05) is 28.1 Å². The van der Waals surface area contributed by atoms with Crippen molar-refractivity contribution in [3.05, 3.63) is 33.8 Å². The second-order valence-corrected chi connectivity index (χ2v) is 4.68. The molecule has 0 radical (unpaired) electrons. The summed E-state index contributed by atoms with van der Waals surface area (Å²) in [4.78, 5) is 0. The summed E-state index contributed by atoms with van der Waals surface area (Å²) in [6.07, 6.45) is 0.756. The number of aliphatic hydroxyl groups excluding tert-OH is 1. The largest absolute Gasteiger partial charge is 0.396 e. The van der Waals surface area contributed by atoms with Gasteiger partial charge in [0.15, 0.2) is 0 Å². The number of benzene rings is 1. The smallest absolute Gasteiger partial charge is 0.0444 e. The van der Waals surface area contributed by atoms with Gasteiger partial charge >= 0.3 is 0 Å². The Bertz CT molecular complexity index is 331. The molecular formula is C12H19BrN2O. The van der Waals surface area contributed by atoms with Crippen LogP contribution in [0.1, 0.15) is 23.6 Å². The number of aryl methyl sites for hydroxylation is 1. The van der Waals surface area contributed by atoms with Crippen LogP contribution in [-0.2, 0) is 0 Å². The fourth-order valence-corrected chi connectivity index (χ4v) is 1.82.